The first-order valence-electron chi connectivity index (χ1n) is 7.82. The van der Waals surface area contributed by atoms with E-state index in [0.717, 1.165) is 5.82 Å². The average molecular weight is 345 g/mol. The first-order chi connectivity index (χ1) is 11.9. The lowest BCUT2D eigenvalue weighted by atomic mass is 10.2. The Morgan fingerprint density at radius 3 is 2.80 bits per heavy atom. The van der Waals surface area contributed by atoms with Crippen LogP contribution in [-0.2, 0) is 0 Å². The van der Waals surface area contributed by atoms with Crippen molar-refractivity contribution in [1.82, 2.24) is 20.1 Å². The lowest BCUT2D eigenvalue weighted by Crippen LogP contribution is -2.31. The Morgan fingerprint density at radius 1 is 1.36 bits per heavy atom. The molecular weight excluding hydrogens is 326 g/mol. The van der Waals surface area contributed by atoms with E-state index < -0.39 is 5.56 Å². The second kappa shape index (κ2) is 6.80. The van der Waals surface area contributed by atoms with Gasteiger partial charge >= 0.3 is 0 Å². The van der Waals surface area contributed by atoms with Crippen LogP contribution >= 0.6 is 0 Å². The normalized spacial score (nSPS) is 16.7. The van der Waals surface area contributed by atoms with E-state index in [2.05, 4.69) is 15.2 Å². The molecule has 0 radical (unpaired) electrons. The number of carbonyl (C=O) groups is 1. The van der Waals surface area contributed by atoms with Crippen LogP contribution in [0, 0.1) is 0 Å². The molecule has 132 valence electrons. The average Bonchev–Trinajstić information content (AvgIpc) is 3.02. The first-order valence-corrected chi connectivity index (χ1v) is 7.82. The Morgan fingerprint density at radius 2 is 2.16 bits per heavy atom. The second-order valence-electron chi connectivity index (χ2n) is 6.02. The molecule has 1 aliphatic heterocycles. The summed E-state index contributed by atoms with van der Waals surface area (Å²) >= 11 is 0. The van der Waals surface area contributed by atoms with Gasteiger partial charge in [0.2, 0.25) is 5.88 Å². The third-order valence-electron chi connectivity index (χ3n) is 3.88. The van der Waals surface area contributed by atoms with Crippen LogP contribution in [0.2, 0.25) is 0 Å². The number of carbonyl (C=O) groups excluding carboxylic acids is 1. The monoisotopic (exact) mass is 345 g/mol. The molecule has 1 fully saturated rings. The molecule has 2 N–H and O–H groups in total. The van der Waals surface area contributed by atoms with Gasteiger partial charge in [-0.15, -0.1) is 10.2 Å². The molecule has 1 aliphatic rings. The Hall–Kier alpha value is -3.10. The van der Waals surface area contributed by atoms with Gasteiger partial charge < -0.3 is 19.6 Å². The summed E-state index contributed by atoms with van der Waals surface area (Å²) in [6.07, 6.45) is 0.455. The quantitative estimate of drug-likeness (QED) is 0.816. The SMILES string of the molecule is CN(C)c1ccc(OC2CCN(C(=O)c3cc(O)[nH]c(=O)c3)C2)nn1. The number of nitrogens with one attached hydrogen (secondary N) is 1. The summed E-state index contributed by atoms with van der Waals surface area (Å²) in [7, 11) is 3.74. The molecule has 0 saturated carbocycles. The Bertz CT molecular complexity index is 818. The molecule has 1 unspecified atom stereocenters. The van der Waals surface area contributed by atoms with Gasteiger partial charge in [-0.1, -0.05) is 0 Å². The van der Waals surface area contributed by atoms with E-state index >= 15 is 0 Å². The molecule has 3 heterocycles. The molecule has 0 spiro atoms. The fourth-order valence-electron chi connectivity index (χ4n) is 2.63. The number of nitrogens with zero attached hydrogens (tertiary/aromatic N) is 4. The van der Waals surface area contributed by atoms with Crippen LogP contribution in [0.3, 0.4) is 0 Å². The number of pyridine rings is 1. The second-order valence-corrected chi connectivity index (χ2v) is 6.02. The largest absolute Gasteiger partial charge is 0.494 e. The Kier molecular flexibility index (Phi) is 4.55. The molecule has 1 atom stereocenters. The summed E-state index contributed by atoms with van der Waals surface area (Å²) in [4.78, 5) is 29.4. The van der Waals surface area contributed by atoms with Crippen LogP contribution in [0.15, 0.2) is 29.1 Å². The molecular formula is C16H19N5O4. The number of aromatic hydroxyl groups is 1. The van der Waals surface area contributed by atoms with Gasteiger partial charge in [0.15, 0.2) is 11.7 Å². The summed E-state index contributed by atoms with van der Waals surface area (Å²) in [5.41, 5.74) is -0.372. The summed E-state index contributed by atoms with van der Waals surface area (Å²) in [5, 5.41) is 17.5. The van der Waals surface area contributed by atoms with Gasteiger partial charge in [0.05, 0.1) is 12.1 Å². The maximum atomic E-state index is 12.4. The highest BCUT2D eigenvalue weighted by molar-refractivity contribution is 5.94. The number of aromatic nitrogens is 3. The van der Waals surface area contributed by atoms with Crippen LogP contribution in [0.1, 0.15) is 16.8 Å². The van der Waals surface area contributed by atoms with Crippen molar-refractivity contribution >= 4 is 11.7 Å². The van der Waals surface area contributed by atoms with Gasteiger partial charge in [0, 0.05) is 45.3 Å². The smallest absolute Gasteiger partial charge is 0.254 e. The van der Waals surface area contributed by atoms with E-state index in [1.807, 2.05) is 19.0 Å². The number of likely N-dealkylation sites (tertiary alicyclic amines) is 1. The number of ether oxygens (including phenoxy) is 1. The van der Waals surface area contributed by atoms with Crippen LogP contribution in [0.4, 0.5) is 5.82 Å². The number of amides is 1. The lowest BCUT2D eigenvalue weighted by molar-refractivity contribution is 0.0770. The molecule has 9 nitrogen and oxygen atoms in total. The minimum Gasteiger partial charge on any atom is -0.494 e. The molecule has 9 heteroatoms. The van der Waals surface area contributed by atoms with Gasteiger partial charge in [-0.25, -0.2) is 0 Å². The molecule has 2 aromatic heterocycles. The summed E-state index contributed by atoms with van der Waals surface area (Å²) in [5.74, 6) is 0.476. The maximum absolute atomic E-state index is 12.4. The number of hydrogen-bond acceptors (Lipinski definition) is 7. The predicted octanol–water partition coefficient (Wildman–Crippen LogP) is 0.230. The zero-order valence-electron chi connectivity index (χ0n) is 14.0. The van der Waals surface area contributed by atoms with Gasteiger partial charge in [-0.05, 0) is 6.07 Å². The van der Waals surface area contributed by atoms with Crippen molar-refractivity contribution in [2.75, 3.05) is 32.1 Å². The zero-order chi connectivity index (χ0) is 18.0. The molecule has 3 rings (SSSR count). The van der Waals surface area contributed by atoms with Crippen molar-refractivity contribution in [3.8, 4) is 11.8 Å². The fraction of sp³-hybridized carbons (Fsp3) is 0.375. The molecule has 1 saturated heterocycles. The third-order valence-corrected chi connectivity index (χ3v) is 3.88. The molecule has 0 aliphatic carbocycles. The lowest BCUT2D eigenvalue weighted by Gasteiger charge is -2.17. The summed E-state index contributed by atoms with van der Waals surface area (Å²) in [6, 6.07) is 5.95. The van der Waals surface area contributed by atoms with E-state index in [9.17, 15) is 14.7 Å². The summed E-state index contributed by atoms with van der Waals surface area (Å²) < 4.78 is 5.77. The van der Waals surface area contributed by atoms with Crippen LogP contribution < -0.4 is 15.2 Å². The standard InChI is InChI=1S/C16H19N5O4/c1-20(2)12-3-4-15(19-18-12)25-11-5-6-21(9-11)16(24)10-7-13(22)17-14(23)8-10/h3-4,7-8,11H,5-6,9H2,1-2H3,(H2,17,22,23). The van der Waals surface area contributed by atoms with Gasteiger partial charge in [-0.2, -0.15) is 0 Å². The van der Waals surface area contributed by atoms with Crippen molar-refractivity contribution < 1.29 is 14.6 Å². The minimum absolute atomic E-state index is 0.150. The summed E-state index contributed by atoms with van der Waals surface area (Å²) in [6.45, 7) is 0.879. The molecule has 2 aromatic rings. The van der Waals surface area contributed by atoms with Crippen LogP contribution in [-0.4, -0.2) is 64.4 Å². The maximum Gasteiger partial charge on any atom is 0.254 e. The van der Waals surface area contributed by atoms with E-state index in [-0.39, 0.29) is 23.5 Å². The van der Waals surface area contributed by atoms with E-state index in [1.54, 1.807) is 17.0 Å². The van der Waals surface area contributed by atoms with Crippen molar-refractivity contribution in [2.24, 2.45) is 0 Å². The van der Waals surface area contributed by atoms with E-state index in [0.29, 0.717) is 25.4 Å². The highest BCUT2D eigenvalue weighted by Crippen LogP contribution is 2.19. The first kappa shape index (κ1) is 16.7. The van der Waals surface area contributed by atoms with E-state index in [1.165, 1.54) is 12.1 Å². The Balaban J connectivity index is 1.63. The van der Waals surface area contributed by atoms with Crippen molar-refractivity contribution in [1.29, 1.82) is 0 Å². The van der Waals surface area contributed by atoms with Crippen molar-refractivity contribution in [2.45, 2.75) is 12.5 Å². The highest BCUT2D eigenvalue weighted by Gasteiger charge is 2.29. The number of rotatable bonds is 4. The van der Waals surface area contributed by atoms with Crippen molar-refractivity contribution in [3.05, 3.63) is 40.2 Å². The number of aromatic amines is 1. The van der Waals surface area contributed by atoms with Gasteiger partial charge in [0.1, 0.15) is 6.10 Å². The fourth-order valence-corrected chi connectivity index (χ4v) is 2.63. The zero-order valence-corrected chi connectivity index (χ0v) is 14.0. The topological polar surface area (TPSA) is 112 Å². The van der Waals surface area contributed by atoms with Crippen LogP contribution in [0.25, 0.3) is 0 Å². The highest BCUT2D eigenvalue weighted by atomic mass is 16.5. The van der Waals surface area contributed by atoms with Crippen LogP contribution in [0.5, 0.6) is 11.8 Å². The van der Waals surface area contributed by atoms with Gasteiger partial charge in [0.25, 0.3) is 11.5 Å². The van der Waals surface area contributed by atoms with E-state index in [4.69, 9.17) is 4.74 Å². The molecule has 0 aromatic carbocycles. The minimum atomic E-state index is -0.522. The van der Waals surface area contributed by atoms with Gasteiger partial charge in [-0.3, -0.25) is 14.6 Å². The predicted molar refractivity (Wildman–Crippen MR) is 90.0 cm³/mol. The number of anilines is 1. The van der Waals surface area contributed by atoms with Crippen molar-refractivity contribution in [3.63, 3.8) is 0 Å². The molecule has 0 bridgehead atoms. The molecule has 25 heavy (non-hydrogen) atoms. The Labute approximate surface area is 143 Å². The number of hydrogen-bond donors (Lipinski definition) is 2. The molecule has 1 amide bonds. The third kappa shape index (κ3) is 3.87. The number of H-pyrrole nitrogens is 1.